The molecule has 10 heteroatoms. The van der Waals surface area contributed by atoms with Gasteiger partial charge < -0.3 is 10.6 Å². The number of nitrogens with one attached hydrogen (secondary N) is 2. The van der Waals surface area contributed by atoms with E-state index < -0.39 is 10.0 Å². The minimum absolute atomic E-state index is 0.0335. The van der Waals surface area contributed by atoms with E-state index in [0.717, 1.165) is 28.7 Å². The van der Waals surface area contributed by atoms with Gasteiger partial charge in [0.15, 0.2) is 0 Å². The van der Waals surface area contributed by atoms with Gasteiger partial charge in [0, 0.05) is 28.1 Å². The number of nitrogens with zero attached hydrogens (tertiary/aromatic N) is 1. The second-order valence-electron chi connectivity index (χ2n) is 6.34. The highest BCUT2D eigenvalue weighted by molar-refractivity contribution is 9.10. The lowest BCUT2D eigenvalue weighted by atomic mass is 10.3. The highest BCUT2D eigenvalue weighted by Gasteiger charge is 2.28. The average molecular weight is 486 g/mol. The largest absolute Gasteiger partial charge is 0.347 e. The first-order chi connectivity index (χ1) is 13.3. The lowest BCUT2D eigenvalue weighted by Crippen LogP contribution is -2.33. The number of halogens is 1. The fourth-order valence-electron chi connectivity index (χ4n) is 2.79. The Hall–Kier alpha value is -1.75. The lowest BCUT2D eigenvalue weighted by Gasteiger charge is -2.13. The van der Waals surface area contributed by atoms with Crippen LogP contribution in [-0.2, 0) is 26.0 Å². The fraction of sp³-hybridized carbons (Fsp3) is 0.333. The van der Waals surface area contributed by atoms with Crippen molar-refractivity contribution >= 4 is 54.8 Å². The van der Waals surface area contributed by atoms with Crippen LogP contribution in [0.2, 0.25) is 0 Å². The molecule has 1 saturated heterocycles. The molecule has 1 aromatic heterocycles. The topological polar surface area (TPSA) is 95.6 Å². The first-order valence-corrected chi connectivity index (χ1v) is 11.8. The molecule has 1 aliphatic rings. The summed E-state index contributed by atoms with van der Waals surface area (Å²) < 4.78 is 27.7. The maximum Gasteiger partial charge on any atom is 0.252 e. The zero-order valence-corrected chi connectivity index (χ0v) is 18.2. The molecular weight excluding hydrogens is 466 g/mol. The molecule has 0 radical (unpaired) electrons. The van der Waals surface area contributed by atoms with Crippen molar-refractivity contribution in [2.75, 3.05) is 25.0 Å². The smallest absolute Gasteiger partial charge is 0.252 e. The minimum Gasteiger partial charge on any atom is -0.347 e. The third-order valence-corrected chi connectivity index (χ3v) is 8.19. The number of benzene rings is 1. The summed E-state index contributed by atoms with van der Waals surface area (Å²) in [6.07, 6.45) is 1.79. The van der Waals surface area contributed by atoms with Gasteiger partial charge in [-0.2, -0.15) is 4.31 Å². The Morgan fingerprint density at radius 3 is 2.39 bits per heavy atom. The van der Waals surface area contributed by atoms with Gasteiger partial charge in [-0.15, -0.1) is 11.3 Å². The van der Waals surface area contributed by atoms with Crippen LogP contribution in [0.5, 0.6) is 0 Å². The van der Waals surface area contributed by atoms with Crippen LogP contribution in [0.3, 0.4) is 0 Å². The summed E-state index contributed by atoms with van der Waals surface area (Å²) in [6, 6.07) is 10.3. The maximum absolute atomic E-state index is 12.5. The first kappa shape index (κ1) is 21.0. The molecule has 1 aromatic carbocycles. The number of hydrogen-bond acceptors (Lipinski definition) is 5. The van der Waals surface area contributed by atoms with Crippen LogP contribution in [-0.4, -0.2) is 44.2 Å². The number of sulfonamides is 1. The predicted molar refractivity (Wildman–Crippen MR) is 112 cm³/mol. The van der Waals surface area contributed by atoms with Crippen LogP contribution in [0.1, 0.15) is 17.7 Å². The SMILES string of the molecule is O=C(Cc1ccc(S(=O)(=O)N2CCCC2)s1)NCC(=O)Nc1ccc(Br)cc1. The monoisotopic (exact) mass is 485 g/mol. The Labute approximate surface area is 176 Å². The molecule has 0 saturated carbocycles. The Morgan fingerprint density at radius 2 is 1.71 bits per heavy atom. The summed E-state index contributed by atoms with van der Waals surface area (Å²) in [4.78, 5) is 24.6. The van der Waals surface area contributed by atoms with Gasteiger partial charge >= 0.3 is 0 Å². The minimum atomic E-state index is -3.46. The molecule has 7 nitrogen and oxygen atoms in total. The van der Waals surface area contributed by atoms with Gasteiger partial charge in [0.25, 0.3) is 10.0 Å². The molecule has 0 unspecified atom stereocenters. The zero-order valence-electron chi connectivity index (χ0n) is 15.0. The zero-order chi connectivity index (χ0) is 20.1. The van der Waals surface area contributed by atoms with Crippen LogP contribution < -0.4 is 10.6 Å². The maximum atomic E-state index is 12.5. The van der Waals surface area contributed by atoms with E-state index in [4.69, 9.17) is 0 Å². The van der Waals surface area contributed by atoms with Gasteiger partial charge in [0.2, 0.25) is 11.8 Å². The van der Waals surface area contributed by atoms with Crippen LogP contribution in [0, 0.1) is 0 Å². The number of thiophene rings is 1. The van der Waals surface area contributed by atoms with Crippen molar-refractivity contribution in [1.29, 1.82) is 0 Å². The number of amides is 2. The summed E-state index contributed by atoms with van der Waals surface area (Å²) in [5, 5.41) is 5.24. The van der Waals surface area contributed by atoms with Gasteiger partial charge in [-0.05, 0) is 49.2 Å². The molecule has 150 valence electrons. The van der Waals surface area contributed by atoms with Gasteiger partial charge in [-0.25, -0.2) is 8.42 Å². The second kappa shape index (κ2) is 9.17. The Balaban J connectivity index is 1.49. The molecule has 0 spiro atoms. The third kappa shape index (κ3) is 5.40. The van der Waals surface area contributed by atoms with E-state index in [1.54, 1.807) is 36.4 Å². The first-order valence-electron chi connectivity index (χ1n) is 8.75. The van der Waals surface area contributed by atoms with E-state index in [1.807, 2.05) is 0 Å². The van der Waals surface area contributed by atoms with Gasteiger partial charge in [0.05, 0.1) is 13.0 Å². The van der Waals surface area contributed by atoms with Crippen molar-refractivity contribution in [1.82, 2.24) is 9.62 Å². The molecule has 0 atom stereocenters. The molecule has 2 amide bonds. The average Bonchev–Trinajstić information content (AvgIpc) is 3.34. The van der Waals surface area contributed by atoms with Crippen molar-refractivity contribution in [2.45, 2.75) is 23.5 Å². The van der Waals surface area contributed by atoms with Crippen LogP contribution in [0.4, 0.5) is 5.69 Å². The summed E-state index contributed by atoms with van der Waals surface area (Å²) in [5.74, 6) is -0.669. The Bertz CT molecular complexity index is 951. The number of carbonyl (C=O) groups is 2. The molecular formula is C18H20BrN3O4S2. The van der Waals surface area contributed by atoms with E-state index in [1.165, 1.54) is 4.31 Å². The van der Waals surface area contributed by atoms with Gasteiger partial charge in [-0.3, -0.25) is 9.59 Å². The number of anilines is 1. The van der Waals surface area contributed by atoms with Gasteiger partial charge in [-0.1, -0.05) is 15.9 Å². The fourth-order valence-corrected chi connectivity index (χ4v) is 6.08. The lowest BCUT2D eigenvalue weighted by molar-refractivity contribution is -0.123. The molecule has 28 heavy (non-hydrogen) atoms. The molecule has 3 rings (SSSR count). The van der Waals surface area contributed by atoms with Crippen molar-refractivity contribution in [3.63, 3.8) is 0 Å². The quantitative estimate of drug-likeness (QED) is 0.629. The third-order valence-electron chi connectivity index (χ3n) is 4.21. The molecule has 0 bridgehead atoms. The Kier molecular flexibility index (Phi) is 6.86. The molecule has 1 fully saturated rings. The molecule has 2 heterocycles. The molecule has 1 aliphatic heterocycles. The van der Waals surface area contributed by atoms with E-state index in [0.29, 0.717) is 23.7 Å². The standard InChI is InChI=1S/C18H20BrN3O4S2/c19-13-3-5-14(6-4-13)21-17(24)12-20-16(23)11-15-7-8-18(27-15)28(25,26)22-9-1-2-10-22/h3-8H,1-2,9-12H2,(H,20,23)(H,21,24). The summed E-state index contributed by atoms with van der Waals surface area (Å²) in [6.45, 7) is 0.937. The van der Waals surface area contributed by atoms with Crippen molar-refractivity contribution in [3.8, 4) is 0 Å². The van der Waals surface area contributed by atoms with Crippen LogP contribution in [0.25, 0.3) is 0 Å². The number of carbonyl (C=O) groups excluding carboxylic acids is 2. The van der Waals surface area contributed by atoms with Crippen LogP contribution >= 0.6 is 27.3 Å². The molecule has 2 N–H and O–H groups in total. The Morgan fingerprint density at radius 1 is 1.04 bits per heavy atom. The number of hydrogen-bond donors (Lipinski definition) is 2. The molecule has 2 aromatic rings. The second-order valence-corrected chi connectivity index (χ2v) is 10.6. The summed E-state index contributed by atoms with van der Waals surface area (Å²) in [5.41, 5.74) is 0.637. The van der Waals surface area contributed by atoms with Crippen molar-refractivity contribution < 1.29 is 18.0 Å². The van der Waals surface area contributed by atoms with Gasteiger partial charge in [0.1, 0.15) is 4.21 Å². The highest BCUT2D eigenvalue weighted by atomic mass is 79.9. The van der Waals surface area contributed by atoms with E-state index in [9.17, 15) is 18.0 Å². The van der Waals surface area contributed by atoms with E-state index in [2.05, 4.69) is 26.6 Å². The summed E-state index contributed by atoms with van der Waals surface area (Å²) in [7, 11) is -3.46. The van der Waals surface area contributed by atoms with Crippen molar-refractivity contribution in [3.05, 3.63) is 45.7 Å². The number of rotatable bonds is 7. The molecule has 0 aliphatic carbocycles. The normalized spacial score (nSPS) is 14.8. The highest BCUT2D eigenvalue weighted by Crippen LogP contribution is 2.27. The van der Waals surface area contributed by atoms with E-state index in [-0.39, 0.29) is 29.0 Å². The van der Waals surface area contributed by atoms with E-state index >= 15 is 0 Å². The predicted octanol–water partition coefficient (Wildman–Crippen LogP) is 2.59. The van der Waals surface area contributed by atoms with Crippen LogP contribution in [0.15, 0.2) is 45.1 Å². The van der Waals surface area contributed by atoms with Crippen molar-refractivity contribution in [2.24, 2.45) is 0 Å². The summed E-state index contributed by atoms with van der Waals surface area (Å²) >= 11 is 4.41.